The molecule has 0 saturated heterocycles. The summed E-state index contributed by atoms with van der Waals surface area (Å²) in [4.78, 5) is 39.5. The molecule has 2 aromatic rings. The van der Waals surface area contributed by atoms with Gasteiger partial charge in [0.25, 0.3) is 11.8 Å². The van der Waals surface area contributed by atoms with E-state index in [2.05, 4.69) is 10.3 Å². The molecule has 9 heteroatoms. The van der Waals surface area contributed by atoms with E-state index < -0.39 is 23.0 Å². The van der Waals surface area contributed by atoms with Gasteiger partial charge >= 0.3 is 11.9 Å². The number of nitrogens with zero attached hydrogens (tertiary/aromatic N) is 1. The van der Waals surface area contributed by atoms with Gasteiger partial charge in [-0.1, -0.05) is 38.5 Å². The summed E-state index contributed by atoms with van der Waals surface area (Å²) in [5.74, 6) is -0.598. The minimum atomic E-state index is -1.12. The van der Waals surface area contributed by atoms with Crippen molar-refractivity contribution in [2.24, 2.45) is 4.99 Å². The Bertz CT molecular complexity index is 996. The van der Waals surface area contributed by atoms with Crippen LogP contribution in [0.3, 0.4) is 0 Å². The van der Waals surface area contributed by atoms with Crippen LogP contribution in [-0.4, -0.2) is 39.9 Å². The number of nitrogens with one attached hydrogen (secondary N) is 1. The van der Waals surface area contributed by atoms with Crippen molar-refractivity contribution in [1.29, 1.82) is 0 Å². The lowest BCUT2D eigenvalue weighted by atomic mass is 9.81. The van der Waals surface area contributed by atoms with Crippen molar-refractivity contribution < 1.29 is 33.1 Å². The number of aliphatic imine (C=N–C) groups is 1. The lowest BCUT2D eigenvalue weighted by Crippen LogP contribution is -2.55. The third-order valence-electron chi connectivity index (χ3n) is 6.51. The number of hydrogen-bond donors (Lipinski definition) is 2. The lowest BCUT2D eigenvalue weighted by Gasteiger charge is -2.33. The molecular weight excluding hydrogens is 428 g/mol. The van der Waals surface area contributed by atoms with E-state index in [4.69, 9.17) is 13.6 Å². The fourth-order valence-corrected chi connectivity index (χ4v) is 4.64. The maximum Gasteiger partial charge on any atom is 0.341 e. The highest BCUT2D eigenvalue weighted by molar-refractivity contribution is 6.06. The summed E-state index contributed by atoms with van der Waals surface area (Å²) in [6, 6.07) is 6.64. The quantitative estimate of drug-likeness (QED) is 0.663. The second kappa shape index (κ2) is 9.64. The maximum absolute atomic E-state index is 11.9. The van der Waals surface area contributed by atoms with Gasteiger partial charge in [-0.05, 0) is 49.9 Å². The number of furan rings is 2. The third kappa shape index (κ3) is 4.86. The van der Waals surface area contributed by atoms with Crippen LogP contribution >= 0.6 is 0 Å². The Balaban J connectivity index is 0.000000157. The van der Waals surface area contributed by atoms with Crippen molar-refractivity contribution in [2.75, 3.05) is 0 Å². The van der Waals surface area contributed by atoms with Gasteiger partial charge in [-0.25, -0.2) is 14.6 Å². The smallest absolute Gasteiger partial charge is 0.341 e. The first-order valence-corrected chi connectivity index (χ1v) is 11.4. The van der Waals surface area contributed by atoms with Gasteiger partial charge in [0, 0.05) is 0 Å². The summed E-state index contributed by atoms with van der Waals surface area (Å²) in [6.45, 7) is 0. The number of aliphatic carboxylic acids is 1. The third-order valence-corrected chi connectivity index (χ3v) is 6.51. The predicted octanol–water partition coefficient (Wildman–Crippen LogP) is 4.08. The van der Waals surface area contributed by atoms with Crippen molar-refractivity contribution in [1.82, 2.24) is 5.32 Å². The Morgan fingerprint density at radius 3 is 2.12 bits per heavy atom. The molecule has 176 valence electrons. The highest BCUT2D eigenvalue weighted by atomic mass is 16.6. The molecule has 1 aliphatic heterocycles. The highest BCUT2D eigenvalue weighted by Crippen LogP contribution is 2.37. The largest absolute Gasteiger partial charge is 0.480 e. The lowest BCUT2D eigenvalue weighted by molar-refractivity contribution is -0.146. The van der Waals surface area contributed by atoms with Gasteiger partial charge in [0.15, 0.2) is 17.1 Å². The summed E-state index contributed by atoms with van der Waals surface area (Å²) >= 11 is 0. The number of carboxylic acid groups (broad SMARTS) is 1. The standard InChI is InChI=1S/C12H15NO4.C12H13NO3/c14-10(9-5-4-8-17-9)13-12(11(15)16)6-2-1-3-7-12;14-11-12(6-2-1-3-7-12)13-10(16-11)9-5-4-8-15-9/h4-5,8H,1-3,6-7H2,(H,13,14)(H,15,16);4-5,8H,1-3,6-7H2. The molecule has 0 unspecified atom stereocenters. The molecule has 5 rings (SSSR count). The Labute approximate surface area is 191 Å². The summed E-state index contributed by atoms with van der Waals surface area (Å²) < 4.78 is 15.4. The van der Waals surface area contributed by atoms with Gasteiger partial charge in [-0.2, -0.15) is 0 Å². The first-order valence-electron chi connectivity index (χ1n) is 11.4. The molecule has 1 spiro atoms. The van der Waals surface area contributed by atoms with Crippen molar-refractivity contribution in [2.45, 2.75) is 75.3 Å². The molecule has 0 radical (unpaired) electrons. The molecule has 2 saturated carbocycles. The number of amides is 1. The van der Waals surface area contributed by atoms with Crippen LogP contribution in [0.5, 0.6) is 0 Å². The van der Waals surface area contributed by atoms with Crippen molar-refractivity contribution >= 4 is 23.7 Å². The Kier molecular flexibility index (Phi) is 6.67. The summed E-state index contributed by atoms with van der Waals surface area (Å²) in [7, 11) is 0. The Morgan fingerprint density at radius 1 is 0.909 bits per heavy atom. The number of hydrogen-bond acceptors (Lipinski definition) is 7. The van der Waals surface area contributed by atoms with Crippen LogP contribution in [0.15, 0.2) is 50.6 Å². The van der Waals surface area contributed by atoms with E-state index in [0.29, 0.717) is 24.5 Å². The van der Waals surface area contributed by atoms with E-state index in [1.807, 2.05) is 0 Å². The second-order valence-corrected chi connectivity index (χ2v) is 8.76. The molecule has 0 bridgehead atoms. The van der Waals surface area contributed by atoms with Crippen LogP contribution in [0.4, 0.5) is 0 Å². The van der Waals surface area contributed by atoms with Crippen molar-refractivity contribution in [3.8, 4) is 0 Å². The van der Waals surface area contributed by atoms with Crippen LogP contribution < -0.4 is 5.32 Å². The average molecular weight is 456 g/mol. The number of rotatable bonds is 4. The van der Waals surface area contributed by atoms with Crippen LogP contribution in [0.2, 0.25) is 0 Å². The zero-order valence-corrected chi connectivity index (χ0v) is 18.4. The predicted molar refractivity (Wildman–Crippen MR) is 117 cm³/mol. The van der Waals surface area contributed by atoms with Gasteiger partial charge in [0.1, 0.15) is 5.54 Å². The summed E-state index contributed by atoms with van der Waals surface area (Å²) in [6.07, 6.45) is 11.5. The van der Waals surface area contributed by atoms with Crippen molar-refractivity contribution in [3.05, 3.63) is 48.3 Å². The van der Waals surface area contributed by atoms with E-state index in [0.717, 1.165) is 44.9 Å². The van der Waals surface area contributed by atoms with Gasteiger partial charge in [-0.15, -0.1) is 0 Å². The van der Waals surface area contributed by atoms with Crippen LogP contribution in [0.25, 0.3) is 0 Å². The van der Waals surface area contributed by atoms with E-state index in [9.17, 15) is 19.5 Å². The molecule has 1 amide bonds. The van der Waals surface area contributed by atoms with E-state index >= 15 is 0 Å². The van der Waals surface area contributed by atoms with Crippen LogP contribution in [0.1, 0.15) is 80.5 Å². The number of cyclic esters (lactones) is 1. The van der Waals surface area contributed by atoms with E-state index in [1.54, 1.807) is 24.5 Å². The van der Waals surface area contributed by atoms with E-state index in [-0.39, 0.29) is 11.7 Å². The minimum absolute atomic E-state index is 0.149. The van der Waals surface area contributed by atoms with E-state index in [1.165, 1.54) is 18.8 Å². The van der Waals surface area contributed by atoms with Crippen LogP contribution in [0, 0.1) is 0 Å². The molecule has 2 aliphatic carbocycles. The van der Waals surface area contributed by atoms with Crippen molar-refractivity contribution in [3.63, 3.8) is 0 Å². The molecule has 0 atom stereocenters. The molecule has 2 fully saturated rings. The molecule has 2 N–H and O–H groups in total. The van der Waals surface area contributed by atoms with Crippen LogP contribution in [-0.2, 0) is 14.3 Å². The SMILES string of the molecule is O=C(NC1(C(=O)O)CCCCC1)c1ccco1.O=C1OC(c2ccco2)=NC12CCCCC2. The first kappa shape index (κ1) is 22.8. The molecule has 2 aromatic heterocycles. The topological polar surface area (TPSA) is 131 Å². The fourth-order valence-electron chi connectivity index (χ4n) is 4.64. The number of carbonyl (C=O) groups excluding carboxylic acids is 2. The fraction of sp³-hybridized carbons (Fsp3) is 0.500. The monoisotopic (exact) mass is 456 g/mol. The molecule has 3 heterocycles. The summed E-state index contributed by atoms with van der Waals surface area (Å²) in [5.41, 5.74) is -1.73. The molecule has 3 aliphatic rings. The zero-order chi connectivity index (χ0) is 23.3. The minimum Gasteiger partial charge on any atom is -0.480 e. The van der Waals surface area contributed by atoms with Gasteiger partial charge in [0.2, 0.25) is 0 Å². The van der Waals surface area contributed by atoms with Gasteiger partial charge in [0.05, 0.1) is 12.5 Å². The van der Waals surface area contributed by atoms with Gasteiger partial charge < -0.3 is 24.0 Å². The summed E-state index contributed by atoms with van der Waals surface area (Å²) in [5, 5.41) is 11.9. The number of ether oxygens (including phenoxy) is 1. The second-order valence-electron chi connectivity index (χ2n) is 8.76. The van der Waals surface area contributed by atoms with Gasteiger partial charge in [-0.3, -0.25) is 4.79 Å². The number of esters is 1. The zero-order valence-electron chi connectivity index (χ0n) is 18.4. The number of carboxylic acids is 1. The Morgan fingerprint density at radius 2 is 1.55 bits per heavy atom. The highest BCUT2D eigenvalue weighted by Gasteiger charge is 2.47. The molecule has 0 aromatic carbocycles. The average Bonchev–Trinajstić information content (AvgIpc) is 3.59. The Hall–Kier alpha value is -3.36. The first-order chi connectivity index (χ1) is 15.9. The number of carbonyl (C=O) groups is 3. The molecule has 9 nitrogen and oxygen atoms in total. The normalized spacial score (nSPS) is 20.8. The molecule has 33 heavy (non-hydrogen) atoms. The molecular formula is C24H28N2O7. The maximum atomic E-state index is 11.9.